The molecule has 1 heteroatoms. The number of hydrogen-bond donors (Lipinski definition) is 0. The smallest absolute Gasteiger partial charge is 0.0648 e. The number of rotatable bonds is 3. The molecule has 0 saturated heterocycles. The molecule has 3 aromatic rings. The van der Waals surface area contributed by atoms with E-state index in [1.807, 2.05) is 0 Å². The molecule has 1 unspecified atom stereocenters. The minimum absolute atomic E-state index is 0.141. The van der Waals surface area contributed by atoms with Gasteiger partial charge in [0.1, 0.15) is 0 Å². The van der Waals surface area contributed by atoms with Crippen molar-refractivity contribution in [3.05, 3.63) is 89.5 Å². The van der Waals surface area contributed by atoms with E-state index in [1.165, 1.54) is 28.3 Å². The lowest BCUT2D eigenvalue weighted by Crippen LogP contribution is -2.51. The standard InChI is InChI=1S/C27H30Si/c1-19(2)28(20(3)4)18-27(22-12-6-5-7-13-22)17-21-11-8-9-14-23(21)24-15-10-16-25(28)26(24)27/h5-16,19-20H,17-18H2,1-4H3. The van der Waals surface area contributed by atoms with Crippen molar-refractivity contribution in [2.24, 2.45) is 0 Å². The summed E-state index contributed by atoms with van der Waals surface area (Å²) in [6.07, 6.45) is 1.14. The Bertz CT molecular complexity index is 1020. The Morgan fingerprint density at radius 1 is 0.714 bits per heavy atom. The molecule has 0 N–H and O–H groups in total. The van der Waals surface area contributed by atoms with Crippen LogP contribution in [0.1, 0.15) is 44.4 Å². The van der Waals surface area contributed by atoms with Crippen molar-refractivity contribution in [3.63, 3.8) is 0 Å². The molecule has 0 bridgehead atoms. The average Bonchev–Trinajstić information content (AvgIpc) is 3.03. The van der Waals surface area contributed by atoms with Crippen molar-refractivity contribution < 1.29 is 0 Å². The van der Waals surface area contributed by atoms with Gasteiger partial charge in [-0.05, 0) is 51.4 Å². The van der Waals surface area contributed by atoms with Crippen molar-refractivity contribution in [1.29, 1.82) is 0 Å². The first kappa shape index (κ1) is 17.9. The lowest BCUT2D eigenvalue weighted by Gasteiger charge is -2.41. The van der Waals surface area contributed by atoms with Crippen LogP contribution < -0.4 is 5.19 Å². The second kappa shape index (κ2) is 6.19. The van der Waals surface area contributed by atoms with E-state index in [0.717, 1.165) is 17.5 Å². The molecular formula is C27H30Si. The maximum absolute atomic E-state index is 2.50. The second-order valence-electron chi connectivity index (χ2n) is 9.54. The van der Waals surface area contributed by atoms with Gasteiger partial charge in [0.2, 0.25) is 0 Å². The molecule has 0 saturated carbocycles. The average molecular weight is 383 g/mol. The summed E-state index contributed by atoms with van der Waals surface area (Å²) in [4.78, 5) is 0. The Morgan fingerprint density at radius 3 is 2.07 bits per heavy atom. The Kier molecular flexibility index (Phi) is 3.96. The fourth-order valence-electron chi connectivity index (χ4n) is 6.58. The van der Waals surface area contributed by atoms with Crippen LogP contribution in [0.4, 0.5) is 0 Å². The minimum Gasteiger partial charge on any atom is -0.0648 e. The van der Waals surface area contributed by atoms with Crippen LogP contribution in [0.5, 0.6) is 0 Å². The van der Waals surface area contributed by atoms with Gasteiger partial charge in [-0.25, -0.2) is 0 Å². The SMILES string of the molecule is CC(C)[Si]1(C(C)C)CC2(c3ccccc3)Cc3ccccc3-c3cccc1c32. The van der Waals surface area contributed by atoms with Gasteiger partial charge in [0.15, 0.2) is 0 Å². The van der Waals surface area contributed by atoms with E-state index >= 15 is 0 Å². The van der Waals surface area contributed by atoms with Crippen LogP contribution in [0.2, 0.25) is 17.1 Å². The van der Waals surface area contributed by atoms with Gasteiger partial charge < -0.3 is 0 Å². The van der Waals surface area contributed by atoms with Crippen molar-refractivity contribution >= 4 is 13.3 Å². The molecule has 5 rings (SSSR count). The molecule has 1 atom stereocenters. The van der Waals surface area contributed by atoms with Crippen LogP contribution in [0.3, 0.4) is 0 Å². The summed E-state index contributed by atoms with van der Waals surface area (Å²) in [5, 5.41) is 1.74. The molecule has 2 aliphatic rings. The van der Waals surface area contributed by atoms with Crippen molar-refractivity contribution in [2.45, 2.75) is 56.7 Å². The highest BCUT2D eigenvalue weighted by atomic mass is 28.3. The van der Waals surface area contributed by atoms with E-state index in [2.05, 4.69) is 100 Å². The zero-order valence-electron chi connectivity index (χ0n) is 17.5. The molecule has 0 spiro atoms. The van der Waals surface area contributed by atoms with Gasteiger partial charge in [-0.15, -0.1) is 0 Å². The summed E-state index contributed by atoms with van der Waals surface area (Å²) in [7, 11) is -1.68. The monoisotopic (exact) mass is 382 g/mol. The molecule has 0 nitrogen and oxygen atoms in total. The third-order valence-corrected chi connectivity index (χ3v) is 14.6. The molecule has 0 fully saturated rings. The highest BCUT2D eigenvalue weighted by molar-refractivity contribution is 6.95. The Balaban J connectivity index is 1.90. The first-order valence-corrected chi connectivity index (χ1v) is 13.1. The van der Waals surface area contributed by atoms with E-state index in [4.69, 9.17) is 0 Å². The van der Waals surface area contributed by atoms with E-state index < -0.39 is 8.07 Å². The van der Waals surface area contributed by atoms with Crippen LogP contribution in [0, 0.1) is 0 Å². The Labute approximate surface area is 170 Å². The van der Waals surface area contributed by atoms with Crippen LogP contribution in [-0.4, -0.2) is 8.07 Å². The fraction of sp³-hybridized carbons (Fsp3) is 0.333. The maximum Gasteiger partial charge on any atom is 0.0933 e. The predicted octanol–water partition coefficient (Wildman–Crippen LogP) is 6.69. The number of fused-ring (bicyclic) bond motifs is 2. The highest BCUT2D eigenvalue weighted by Gasteiger charge is 2.58. The van der Waals surface area contributed by atoms with Gasteiger partial charge in [0.05, 0.1) is 8.07 Å². The molecule has 142 valence electrons. The van der Waals surface area contributed by atoms with Gasteiger partial charge in [-0.1, -0.05) is 106 Å². The molecule has 1 heterocycles. The van der Waals surface area contributed by atoms with Crippen LogP contribution >= 0.6 is 0 Å². The van der Waals surface area contributed by atoms with E-state index in [9.17, 15) is 0 Å². The Morgan fingerprint density at radius 2 is 1.36 bits per heavy atom. The molecule has 0 radical (unpaired) electrons. The summed E-state index contributed by atoms with van der Waals surface area (Å²) in [6, 6.07) is 29.1. The van der Waals surface area contributed by atoms with Gasteiger partial charge in [-0.2, -0.15) is 0 Å². The van der Waals surface area contributed by atoms with Gasteiger partial charge in [-0.3, -0.25) is 0 Å². The molecule has 1 aliphatic carbocycles. The van der Waals surface area contributed by atoms with E-state index in [-0.39, 0.29) is 5.41 Å². The normalized spacial score (nSPS) is 21.6. The van der Waals surface area contributed by atoms with Gasteiger partial charge in [0.25, 0.3) is 0 Å². The quantitative estimate of drug-likeness (QED) is 0.443. The third kappa shape index (κ3) is 2.17. The summed E-state index contributed by atoms with van der Waals surface area (Å²) in [6.45, 7) is 9.98. The summed E-state index contributed by atoms with van der Waals surface area (Å²) >= 11 is 0. The van der Waals surface area contributed by atoms with Gasteiger partial charge in [0, 0.05) is 5.41 Å². The largest absolute Gasteiger partial charge is 0.0933 e. The zero-order valence-corrected chi connectivity index (χ0v) is 18.5. The first-order chi connectivity index (χ1) is 13.5. The summed E-state index contributed by atoms with van der Waals surface area (Å²) in [5.74, 6) is 0. The molecule has 0 amide bonds. The molecule has 0 aromatic heterocycles. The second-order valence-corrected chi connectivity index (χ2v) is 14.8. The summed E-state index contributed by atoms with van der Waals surface area (Å²) < 4.78 is 0. The molecule has 3 aromatic carbocycles. The fourth-order valence-corrected chi connectivity index (χ4v) is 12.9. The zero-order chi connectivity index (χ0) is 19.5. The van der Waals surface area contributed by atoms with Crippen molar-refractivity contribution in [1.82, 2.24) is 0 Å². The van der Waals surface area contributed by atoms with Crippen molar-refractivity contribution in [2.75, 3.05) is 0 Å². The topological polar surface area (TPSA) is 0 Å². The molecule has 1 aliphatic heterocycles. The number of hydrogen-bond acceptors (Lipinski definition) is 0. The molecular weight excluding hydrogens is 352 g/mol. The minimum atomic E-state index is -1.68. The lowest BCUT2D eigenvalue weighted by atomic mass is 9.65. The number of benzene rings is 3. The predicted molar refractivity (Wildman–Crippen MR) is 123 cm³/mol. The first-order valence-electron chi connectivity index (χ1n) is 10.8. The maximum atomic E-state index is 2.50. The lowest BCUT2D eigenvalue weighted by molar-refractivity contribution is 0.563. The van der Waals surface area contributed by atoms with Gasteiger partial charge >= 0.3 is 0 Å². The van der Waals surface area contributed by atoms with Crippen molar-refractivity contribution in [3.8, 4) is 11.1 Å². The highest BCUT2D eigenvalue weighted by Crippen LogP contribution is 2.58. The Hall–Kier alpha value is -2.12. The molecule has 28 heavy (non-hydrogen) atoms. The van der Waals surface area contributed by atoms with Crippen LogP contribution in [0.15, 0.2) is 72.8 Å². The van der Waals surface area contributed by atoms with E-state index in [1.54, 1.807) is 10.8 Å². The van der Waals surface area contributed by atoms with Crippen LogP contribution in [0.25, 0.3) is 11.1 Å². The van der Waals surface area contributed by atoms with E-state index in [0.29, 0.717) is 0 Å². The summed E-state index contributed by atoms with van der Waals surface area (Å²) in [5.41, 5.74) is 9.31. The van der Waals surface area contributed by atoms with Crippen LogP contribution in [-0.2, 0) is 11.8 Å². The third-order valence-electron chi connectivity index (χ3n) is 7.83.